The Bertz CT molecular complexity index is 293. The van der Waals surface area contributed by atoms with Gasteiger partial charge >= 0.3 is 0 Å². The molecular formula is C10H16N4. The highest BCUT2D eigenvalue weighted by Crippen LogP contribution is 2.55. The second-order valence-electron chi connectivity index (χ2n) is 5.49. The molecule has 0 heterocycles. The number of rotatable bonds is 1. The molecule has 0 aliphatic heterocycles. The van der Waals surface area contributed by atoms with Gasteiger partial charge < -0.3 is 5.73 Å². The molecule has 0 amide bonds. The molecule has 4 aliphatic carbocycles. The van der Waals surface area contributed by atoms with Gasteiger partial charge in [-0.15, -0.1) is 0 Å². The Labute approximate surface area is 83.5 Å². The van der Waals surface area contributed by atoms with Crippen molar-refractivity contribution < 1.29 is 0 Å². The minimum Gasteiger partial charge on any atom is -0.325 e. The van der Waals surface area contributed by atoms with Gasteiger partial charge in [-0.05, 0) is 55.4 Å². The number of hydrogen-bond acceptors (Lipinski definition) is 2. The van der Waals surface area contributed by atoms with Crippen molar-refractivity contribution in [2.24, 2.45) is 28.6 Å². The average molecular weight is 192 g/mol. The Hall–Kier alpha value is -0.730. The summed E-state index contributed by atoms with van der Waals surface area (Å²) in [5.74, 6) is 2.23. The largest absolute Gasteiger partial charge is 0.325 e. The van der Waals surface area contributed by atoms with E-state index >= 15 is 0 Å². The summed E-state index contributed by atoms with van der Waals surface area (Å²) in [6, 6.07) is 0.0836. The summed E-state index contributed by atoms with van der Waals surface area (Å²) >= 11 is 0. The van der Waals surface area contributed by atoms with Crippen LogP contribution in [0.2, 0.25) is 0 Å². The zero-order valence-electron chi connectivity index (χ0n) is 8.26. The molecule has 0 aromatic rings. The van der Waals surface area contributed by atoms with Gasteiger partial charge in [-0.1, -0.05) is 5.11 Å². The van der Waals surface area contributed by atoms with Crippen molar-refractivity contribution in [2.75, 3.05) is 0 Å². The molecule has 0 aromatic heterocycles. The molecule has 4 aliphatic rings. The topological polar surface area (TPSA) is 74.8 Å². The van der Waals surface area contributed by atoms with Crippen LogP contribution in [-0.2, 0) is 0 Å². The Morgan fingerprint density at radius 3 is 2.36 bits per heavy atom. The molecule has 4 saturated carbocycles. The van der Waals surface area contributed by atoms with Crippen LogP contribution >= 0.6 is 0 Å². The highest BCUT2D eigenvalue weighted by molar-refractivity contribution is 5.12. The molecule has 2 N–H and O–H groups in total. The molecule has 4 bridgehead atoms. The summed E-state index contributed by atoms with van der Waals surface area (Å²) in [6.07, 6.45) is 6.05. The summed E-state index contributed by atoms with van der Waals surface area (Å²) in [6.45, 7) is 0. The van der Waals surface area contributed by atoms with Crippen molar-refractivity contribution in [3.05, 3.63) is 10.4 Å². The summed E-state index contributed by atoms with van der Waals surface area (Å²) in [7, 11) is 0. The van der Waals surface area contributed by atoms with E-state index in [9.17, 15) is 0 Å². The van der Waals surface area contributed by atoms with Crippen molar-refractivity contribution in [3.8, 4) is 0 Å². The lowest BCUT2D eigenvalue weighted by Crippen LogP contribution is -2.64. The zero-order valence-corrected chi connectivity index (χ0v) is 8.26. The Balaban J connectivity index is 1.97. The lowest BCUT2D eigenvalue weighted by atomic mass is 9.51. The molecule has 3 unspecified atom stereocenters. The molecule has 4 nitrogen and oxygen atoms in total. The van der Waals surface area contributed by atoms with E-state index in [0.29, 0.717) is 5.92 Å². The van der Waals surface area contributed by atoms with Gasteiger partial charge in [-0.25, -0.2) is 0 Å². The van der Waals surface area contributed by atoms with Crippen molar-refractivity contribution >= 4 is 0 Å². The Morgan fingerprint density at radius 1 is 1.21 bits per heavy atom. The third-order valence-electron chi connectivity index (χ3n) is 4.49. The minimum atomic E-state index is -0.152. The zero-order chi connectivity index (χ0) is 9.76. The molecule has 4 heteroatoms. The van der Waals surface area contributed by atoms with Crippen LogP contribution in [0.3, 0.4) is 0 Å². The second-order valence-corrected chi connectivity index (χ2v) is 5.49. The van der Waals surface area contributed by atoms with Gasteiger partial charge in [0, 0.05) is 10.5 Å². The third-order valence-corrected chi connectivity index (χ3v) is 4.49. The van der Waals surface area contributed by atoms with Crippen molar-refractivity contribution in [3.63, 3.8) is 0 Å². The average Bonchev–Trinajstić information content (AvgIpc) is 2.09. The number of azide groups is 1. The van der Waals surface area contributed by atoms with Crippen molar-refractivity contribution in [1.82, 2.24) is 0 Å². The maximum atomic E-state index is 8.57. The molecular weight excluding hydrogens is 176 g/mol. The normalized spacial score (nSPS) is 54.4. The Kier molecular flexibility index (Phi) is 1.62. The van der Waals surface area contributed by atoms with E-state index in [0.717, 1.165) is 24.7 Å². The van der Waals surface area contributed by atoms with Gasteiger partial charge in [0.15, 0.2) is 0 Å². The third kappa shape index (κ3) is 1.01. The first-order chi connectivity index (χ1) is 6.71. The number of nitrogens with two attached hydrogens (primary N) is 1. The lowest BCUT2D eigenvalue weighted by molar-refractivity contribution is -0.0186. The fourth-order valence-corrected chi connectivity index (χ4v) is 4.34. The van der Waals surface area contributed by atoms with Crippen molar-refractivity contribution in [1.29, 1.82) is 0 Å². The summed E-state index contributed by atoms with van der Waals surface area (Å²) in [5, 5.41) is 3.95. The Morgan fingerprint density at radius 2 is 1.86 bits per heavy atom. The maximum Gasteiger partial charge on any atom is 0.0582 e. The monoisotopic (exact) mass is 192 g/mol. The summed E-state index contributed by atoms with van der Waals surface area (Å²) < 4.78 is 0. The van der Waals surface area contributed by atoms with Crippen LogP contribution in [0.15, 0.2) is 5.11 Å². The van der Waals surface area contributed by atoms with Crippen LogP contribution in [-0.4, -0.2) is 11.6 Å². The lowest BCUT2D eigenvalue weighted by Gasteiger charge is -2.58. The van der Waals surface area contributed by atoms with Crippen LogP contribution in [0, 0.1) is 17.8 Å². The summed E-state index contributed by atoms with van der Waals surface area (Å²) in [4.78, 5) is 2.97. The highest BCUT2D eigenvalue weighted by Gasteiger charge is 2.54. The van der Waals surface area contributed by atoms with Gasteiger partial charge in [-0.2, -0.15) is 0 Å². The van der Waals surface area contributed by atoms with Gasteiger partial charge in [-0.3, -0.25) is 0 Å². The molecule has 0 spiro atoms. The quantitative estimate of drug-likeness (QED) is 0.386. The molecule has 4 fully saturated rings. The second kappa shape index (κ2) is 2.65. The number of nitrogens with zero attached hydrogens (tertiary/aromatic N) is 3. The van der Waals surface area contributed by atoms with Crippen LogP contribution < -0.4 is 5.73 Å². The molecule has 76 valence electrons. The first-order valence-electron chi connectivity index (χ1n) is 5.54. The molecule has 0 saturated heterocycles. The fraction of sp³-hybridized carbons (Fsp3) is 1.00. The van der Waals surface area contributed by atoms with E-state index in [2.05, 4.69) is 10.0 Å². The maximum absolute atomic E-state index is 8.57. The van der Waals surface area contributed by atoms with E-state index in [1.165, 1.54) is 19.3 Å². The molecule has 3 atom stereocenters. The number of hydrogen-bond donors (Lipinski definition) is 1. The van der Waals surface area contributed by atoms with Crippen molar-refractivity contribution in [2.45, 2.75) is 43.7 Å². The van der Waals surface area contributed by atoms with Crippen LogP contribution in [0.5, 0.6) is 0 Å². The van der Waals surface area contributed by atoms with E-state index < -0.39 is 0 Å². The van der Waals surface area contributed by atoms with Gasteiger partial charge in [0.2, 0.25) is 0 Å². The first kappa shape index (κ1) is 8.57. The molecule has 0 radical (unpaired) electrons. The highest BCUT2D eigenvalue weighted by atomic mass is 15.2. The van der Waals surface area contributed by atoms with E-state index in [1.807, 2.05) is 0 Å². The van der Waals surface area contributed by atoms with Crippen LogP contribution in [0.4, 0.5) is 0 Å². The van der Waals surface area contributed by atoms with Gasteiger partial charge in [0.25, 0.3) is 0 Å². The van der Waals surface area contributed by atoms with E-state index in [-0.39, 0.29) is 11.6 Å². The fourth-order valence-electron chi connectivity index (χ4n) is 4.34. The van der Waals surface area contributed by atoms with Crippen LogP contribution in [0.1, 0.15) is 32.1 Å². The molecule has 4 rings (SSSR count). The predicted molar refractivity (Wildman–Crippen MR) is 53.4 cm³/mol. The SMILES string of the molecule is [N-]=[N+]=NC1C2CC3CC(C2)CC1(N)C3. The first-order valence-corrected chi connectivity index (χ1v) is 5.54. The minimum absolute atomic E-state index is 0.0836. The standard InChI is InChI=1S/C10H16N4/c11-10-4-6-1-7(5-10)3-8(2-6)9(10)13-14-12/h6-9H,1-5,11H2. The molecule has 0 aromatic carbocycles. The van der Waals surface area contributed by atoms with E-state index in [1.54, 1.807) is 0 Å². The van der Waals surface area contributed by atoms with E-state index in [4.69, 9.17) is 11.3 Å². The molecule has 14 heavy (non-hydrogen) atoms. The van der Waals surface area contributed by atoms with Gasteiger partial charge in [0.1, 0.15) is 0 Å². The smallest absolute Gasteiger partial charge is 0.0582 e. The predicted octanol–water partition coefficient (Wildman–Crippen LogP) is 2.20. The summed E-state index contributed by atoms with van der Waals surface area (Å²) in [5.41, 5.74) is 14.8. The van der Waals surface area contributed by atoms with Gasteiger partial charge in [0.05, 0.1) is 6.04 Å². The van der Waals surface area contributed by atoms with Crippen LogP contribution in [0.25, 0.3) is 10.4 Å².